The Hall–Kier alpha value is -2.48. The van der Waals surface area contributed by atoms with Gasteiger partial charge in [-0.1, -0.05) is 25.1 Å². The van der Waals surface area contributed by atoms with Gasteiger partial charge in [-0.05, 0) is 24.3 Å². The number of fused-ring (bicyclic) bond motifs is 1. The Bertz CT molecular complexity index is 1050. The Morgan fingerprint density at radius 1 is 1.08 bits per heavy atom. The smallest absolute Gasteiger partial charge is 0.236 e. The van der Waals surface area contributed by atoms with E-state index in [-0.39, 0.29) is 27.6 Å². The van der Waals surface area contributed by atoms with Crippen LogP contribution < -0.4 is 0 Å². The molecule has 1 heterocycles. The van der Waals surface area contributed by atoms with Crippen LogP contribution in [0, 0.1) is 0 Å². The van der Waals surface area contributed by atoms with Crippen molar-refractivity contribution in [2.24, 2.45) is 0 Å². The Labute approximate surface area is 142 Å². The van der Waals surface area contributed by atoms with Crippen LogP contribution >= 0.6 is 0 Å². The maximum atomic E-state index is 12.9. The number of aromatic nitrogens is 2. The van der Waals surface area contributed by atoms with Gasteiger partial charge in [0.2, 0.25) is 0 Å². The molecule has 130 valence electrons. The summed E-state index contributed by atoms with van der Waals surface area (Å²) in [6, 6.07) is 9.36. The Morgan fingerprint density at radius 3 is 2.48 bits per heavy atom. The van der Waals surface area contributed by atoms with Gasteiger partial charge < -0.3 is 0 Å². The van der Waals surface area contributed by atoms with Gasteiger partial charge in [0.15, 0.2) is 15.7 Å². The van der Waals surface area contributed by atoms with Crippen LogP contribution in [0.3, 0.4) is 0 Å². The summed E-state index contributed by atoms with van der Waals surface area (Å²) in [6.07, 6.45) is -3.10. The van der Waals surface area contributed by atoms with Crippen molar-refractivity contribution in [1.29, 1.82) is 0 Å². The van der Waals surface area contributed by atoms with Crippen LogP contribution in [0.4, 0.5) is 13.2 Å². The van der Waals surface area contributed by atoms with Gasteiger partial charge in [0, 0.05) is 17.1 Å². The Morgan fingerprint density at radius 2 is 1.80 bits per heavy atom. The molecule has 0 saturated heterocycles. The fraction of sp³-hybridized carbons (Fsp3) is 0.176. The van der Waals surface area contributed by atoms with Crippen LogP contribution in [0.1, 0.15) is 12.5 Å². The molecule has 25 heavy (non-hydrogen) atoms. The third-order valence-electron chi connectivity index (χ3n) is 3.75. The van der Waals surface area contributed by atoms with Gasteiger partial charge in [0.1, 0.15) is 0 Å². The zero-order chi connectivity index (χ0) is 18.2. The molecule has 0 N–H and O–H groups in total. The van der Waals surface area contributed by atoms with Gasteiger partial charge in [-0.2, -0.15) is 13.2 Å². The number of sulfone groups is 1. The monoisotopic (exact) mass is 366 g/mol. The number of hydrogen-bond donors (Lipinski definition) is 0. The lowest BCUT2D eigenvalue weighted by Gasteiger charge is -2.10. The summed E-state index contributed by atoms with van der Waals surface area (Å²) in [4.78, 5) is 8.33. The molecule has 0 radical (unpaired) electrons. The van der Waals surface area contributed by atoms with Crippen LogP contribution in [0.2, 0.25) is 0 Å². The van der Waals surface area contributed by atoms with Crippen molar-refractivity contribution in [3.8, 4) is 11.4 Å². The maximum absolute atomic E-state index is 12.9. The average molecular weight is 366 g/mol. The third kappa shape index (κ3) is 3.34. The lowest BCUT2D eigenvalue weighted by molar-refractivity contribution is -0.137. The van der Waals surface area contributed by atoms with Crippen LogP contribution in [0.15, 0.2) is 53.6 Å². The predicted molar refractivity (Wildman–Crippen MR) is 87.7 cm³/mol. The molecule has 3 rings (SSSR count). The summed E-state index contributed by atoms with van der Waals surface area (Å²) < 4.78 is 63.1. The second-order valence-electron chi connectivity index (χ2n) is 5.36. The lowest BCUT2D eigenvalue weighted by Crippen LogP contribution is -2.07. The summed E-state index contributed by atoms with van der Waals surface area (Å²) in [6.45, 7) is 1.52. The largest absolute Gasteiger partial charge is 0.416 e. The number of halogens is 3. The van der Waals surface area contributed by atoms with Crippen molar-refractivity contribution in [3.05, 3.63) is 54.2 Å². The predicted octanol–water partition coefficient (Wildman–Crippen LogP) is 4.11. The summed E-state index contributed by atoms with van der Waals surface area (Å²) in [7, 11) is -3.52. The first-order valence-electron chi connectivity index (χ1n) is 7.38. The summed E-state index contributed by atoms with van der Waals surface area (Å²) in [5, 5.41) is 0.438. The molecule has 0 aliphatic heterocycles. The number of hydrogen-bond acceptors (Lipinski definition) is 4. The minimum absolute atomic E-state index is 0.0591. The van der Waals surface area contributed by atoms with Gasteiger partial charge in [-0.15, -0.1) is 0 Å². The molecule has 2 aromatic carbocycles. The van der Waals surface area contributed by atoms with Gasteiger partial charge in [-0.25, -0.2) is 18.4 Å². The van der Waals surface area contributed by atoms with Crippen molar-refractivity contribution in [2.45, 2.75) is 18.0 Å². The van der Waals surface area contributed by atoms with E-state index in [0.717, 1.165) is 12.1 Å². The Kier molecular flexibility index (Phi) is 4.24. The molecule has 1 aromatic heterocycles. The Balaban J connectivity index is 2.21. The first kappa shape index (κ1) is 17.3. The first-order chi connectivity index (χ1) is 11.7. The zero-order valence-electron chi connectivity index (χ0n) is 13.1. The van der Waals surface area contributed by atoms with Crippen molar-refractivity contribution in [2.75, 3.05) is 5.75 Å². The first-order valence-corrected chi connectivity index (χ1v) is 9.04. The van der Waals surface area contributed by atoms with Crippen molar-refractivity contribution in [3.63, 3.8) is 0 Å². The second kappa shape index (κ2) is 6.11. The topological polar surface area (TPSA) is 59.9 Å². The minimum Gasteiger partial charge on any atom is -0.236 e. The number of rotatable bonds is 3. The van der Waals surface area contributed by atoms with E-state index < -0.39 is 21.6 Å². The van der Waals surface area contributed by atoms with E-state index in [4.69, 9.17) is 0 Å². The molecular weight excluding hydrogens is 353 g/mol. The molecule has 0 fully saturated rings. The summed E-state index contributed by atoms with van der Waals surface area (Å²) >= 11 is 0. The molecule has 0 aliphatic rings. The average Bonchev–Trinajstić information content (AvgIpc) is 2.60. The van der Waals surface area contributed by atoms with E-state index >= 15 is 0 Å². The molecule has 0 unspecified atom stereocenters. The second-order valence-corrected chi connectivity index (χ2v) is 7.61. The van der Waals surface area contributed by atoms with Crippen molar-refractivity contribution < 1.29 is 21.6 Å². The molecule has 0 atom stereocenters. The van der Waals surface area contributed by atoms with Crippen LogP contribution in [-0.4, -0.2) is 24.1 Å². The fourth-order valence-electron chi connectivity index (χ4n) is 2.41. The quantitative estimate of drug-likeness (QED) is 0.700. The zero-order valence-corrected chi connectivity index (χ0v) is 13.9. The molecule has 0 bridgehead atoms. The standard InChI is InChI=1S/C17H13F3N2O2S/c1-2-25(23,24)15-6-4-3-5-13(15)16-21-10-11-7-8-12(17(18,19)20)9-14(11)22-16/h3-10H,2H2,1H3. The number of nitrogens with zero attached hydrogens (tertiary/aromatic N) is 2. The third-order valence-corrected chi connectivity index (χ3v) is 5.54. The van der Waals surface area contributed by atoms with Crippen LogP contribution in [0.25, 0.3) is 22.3 Å². The molecule has 0 amide bonds. The van der Waals surface area contributed by atoms with E-state index in [0.29, 0.717) is 5.39 Å². The minimum atomic E-state index is -4.48. The van der Waals surface area contributed by atoms with E-state index in [1.54, 1.807) is 12.1 Å². The highest BCUT2D eigenvalue weighted by Crippen LogP contribution is 2.32. The highest BCUT2D eigenvalue weighted by molar-refractivity contribution is 7.91. The van der Waals surface area contributed by atoms with E-state index in [1.165, 1.54) is 31.3 Å². The highest BCUT2D eigenvalue weighted by atomic mass is 32.2. The van der Waals surface area contributed by atoms with Crippen LogP contribution in [-0.2, 0) is 16.0 Å². The van der Waals surface area contributed by atoms with Gasteiger partial charge >= 0.3 is 6.18 Å². The van der Waals surface area contributed by atoms with Crippen LogP contribution in [0.5, 0.6) is 0 Å². The highest BCUT2D eigenvalue weighted by Gasteiger charge is 2.30. The van der Waals surface area contributed by atoms with Gasteiger partial charge in [0.05, 0.1) is 21.7 Å². The molecule has 8 heteroatoms. The number of alkyl halides is 3. The van der Waals surface area contributed by atoms with E-state index in [2.05, 4.69) is 9.97 Å². The van der Waals surface area contributed by atoms with Crippen molar-refractivity contribution in [1.82, 2.24) is 9.97 Å². The van der Waals surface area contributed by atoms with Crippen molar-refractivity contribution >= 4 is 20.7 Å². The number of benzene rings is 2. The summed E-state index contributed by atoms with van der Waals surface area (Å²) in [5.74, 6) is -0.0324. The molecule has 4 nitrogen and oxygen atoms in total. The maximum Gasteiger partial charge on any atom is 0.416 e. The SMILES string of the molecule is CCS(=O)(=O)c1ccccc1-c1ncc2ccc(C(F)(F)F)cc2n1. The molecular formula is C17H13F3N2O2S. The molecule has 0 aliphatic carbocycles. The van der Waals surface area contributed by atoms with Gasteiger partial charge in [0.25, 0.3) is 0 Å². The van der Waals surface area contributed by atoms with E-state index in [9.17, 15) is 21.6 Å². The molecule has 3 aromatic rings. The van der Waals surface area contributed by atoms with Gasteiger partial charge in [-0.3, -0.25) is 0 Å². The lowest BCUT2D eigenvalue weighted by atomic mass is 10.1. The fourth-order valence-corrected chi connectivity index (χ4v) is 3.50. The van der Waals surface area contributed by atoms with E-state index in [1.807, 2.05) is 0 Å². The summed E-state index contributed by atoms with van der Waals surface area (Å²) in [5.41, 5.74) is -0.452. The normalized spacial score (nSPS) is 12.5. The molecule has 0 spiro atoms. The molecule has 0 saturated carbocycles.